The minimum absolute atomic E-state index is 0.0324. The summed E-state index contributed by atoms with van der Waals surface area (Å²) in [4.78, 5) is 32.8. The fraction of sp³-hybridized carbons (Fsp3) is 0.562. The van der Waals surface area contributed by atoms with Gasteiger partial charge >= 0.3 is 6.03 Å². The first-order valence-electron chi connectivity index (χ1n) is 14.8. The molecule has 224 valence electrons. The molecule has 0 aromatic heterocycles. The lowest BCUT2D eigenvalue weighted by molar-refractivity contribution is -0.134. The Labute approximate surface area is 255 Å². The van der Waals surface area contributed by atoms with E-state index in [1.165, 1.54) is 0 Å². The van der Waals surface area contributed by atoms with E-state index < -0.39 is 6.04 Å². The molecule has 3 amide bonds. The topological polar surface area (TPSA) is 65.1 Å². The van der Waals surface area contributed by atoms with E-state index in [1.54, 1.807) is 0 Å². The molecule has 7 nitrogen and oxygen atoms in total. The number of piperidine rings is 1. The summed E-state index contributed by atoms with van der Waals surface area (Å²) in [6.45, 7) is 7.66. The highest BCUT2D eigenvalue weighted by atomic mass is 35.5. The highest BCUT2D eigenvalue weighted by Crippen LogP contribution is 2.37. The smallest absolute Gasteiger partial charge is 0.318 e. The molecule has 0 bridgehead atoms. The highest BCUT2D eigenvalue weighted by Gasteiger charge is 2.32. The van der Waals surface area contributed by atoms with Crippen LogP contribution in [0, 0.1) is 6.92 Å². The van der Waals surface area contributed by atoms with E-state index in [1.807, 2.05) is 61.2 Å². The summed E-state index contributed by atoms with van der Waals surface area (Å²) in [5, 5.41) is 4.39. The van der Waals surface area contributed by atoms with Gasteiger partial charge in [-0.25, -0.2) is 4.79 Å². The summed E-state index contributed by atoms with van der Waals surface area (Å²) >= 11 is 12.6. The van der Waals surface area contributed by atoms with E-state index in [0.29, 0.717) is 29.6 Å². The lowest BCUT2D eigenvalue weighted by atomic mass is 9.88. The summed E-state index contributed by atoms with van der Waals surface area (Å²) in [6.07, 6.45) is 5.04. The van der Waals surface area contributed by atoms with Crippen LogP contribution < -0.4 is 10.1 Å². The van der Waals surface area contributed by atoms with Gasteiger partial charge < -0.3 is 24.8 Å². The first-order valence-corrected chi connectivity index (χ1v) is 15.6. The Morgan fingerprint density at radius 3 is 2.29 bits per heavy atom. The standard InChI is InChI=1S/C32H44Cl2N4O3/c1-5-27(21-36(3)4)41-30-20-26(34)10-11-28(30)23-12-16-37(17-13-23)31(39)29(35-32(40)38-14-6-7-15-38)19-24-8-9-25(33)18-22(24)2/h8-11,18,20,23,27,29H,5-7,12-17,19,21H2,1-4H3,(H,35,40)/t27-,29+/m0/s1. The summed E-state index contributed by atoms with van der Waals surface area (Å²) in [5.41, 5.74) is 3.17. The van der Waals surface area contributed by atoms with Gasteiger partial charge in [-0.2, -0.15) is 0 Å². The maximum atomic E-state index is 13.9. The summed E-state index contributed by atoms with van der Waals surface area (Å²) in [5.74, 6) is 1.07. The zero-order valence-corrected chi connectivity index (χ0v) is 26.3. The number of nitrogens with zero attached hydrogens (tertiary/aromatic N) is 3. The molecule has 1 N–H and O–H groups in total. The molecule has 41 heavy (non-hydrogen) atoms. The molecule has 2 aromatic rings. The van der Waals surface area contributed by atoms with Gasteiger partial charge in [0, 0.05) is 49.2 Å². The zero-order valence-electron chi connectivity index (χ0n) is 24.8. The number of hydrogen-bond acceptors (Lipinski definition) is 4. The summed E-state index contributed by atoms with van der Waals surface area (Å²) < 4.78 is 6.46. The van der Waals surface area contributed by atoms with Gasteiger partial charge in [-0.1, -0.05) is 42.3 Å². The molecule has 2 atom stereocenters. The van der Waals surface area contributed by atoms with E-state index in [0.717, 1.165) is 74.2 Å². The van der Waals surface area contributed by atoms with E-state index >= 15 is 0 Å². The van der Waals surface area contributed by atoms with E-state index in [2.05, 4.69) is 23.2 Å². The second-order valence-corrected chi connectivity index (χ2v) is 12.5. The van der Waals surface area contributed by atoms with Crippen LogP contribution in [0.5, 0.6) is 5.75 Å². The van der Waals surface area contributed by atoms with Crippen molar-refractivity contribution in [2.75, 3.05) is 46.8 Å². The van der Waals surface area contributed by atoms with Gasteiger partial charge in [0.1, 0.15) is 17.9 Å². The molecule has 9 heteroatoms. The molecule has 0 saturated carbocycles. The Balaban J connectivity index is 1.46. The van der Waals surface area contributed by atoms with Crippen molar-refractivity contribution in [1.82, 2.24) is 20.0 Å². The SMILES string of the molecule is CC[C@@H](CN(C)C)Oc1cc(Cl)ccc1C1CCN(C(=O)[C@@H](Cc2ccc(Cl)cc2C)NC(=O)N2CCCC2)CC1. The summed E-state index contributed by atoms with van der Waals surface area (Å²) in [6, 6.07) is 10.8. The predicted octanol–water partition coefficient (Wildman–Crippen LogP) is 6.14. The number of urea groups is 1. The fourth-order valence-corrected chi connectivity index (χ4v) is 6.27. The first kappa shape index (κ1) is 31.5. The maximum absolute atomic E-state index is 13.9. The van der Waals surface area contributed by atoms with Crippen molar-refractivity contribution in [3.05, 3.63) is 63.1 Å². The summed E-state index contributed by atoms with van der Waals surface area (Å²) in [7, 11) is 4.10. The third-order valence-corrected chi connectivity index (χ3v) is 8.73. The first-order chi connectivity index (χ1) is 19.6. The molecule has 0 unspecified atom stereocenters. The number of nitrogens with one attached hydrogen (secondary N) is 1. The van der Waals surface area contributed by atoms with Crippen LogP contribution in [0.2, 0.25) is 10.0 Å². The molecule has 2 aliphatic rings. The monoisotopic (exact) mass is 602 g/mol. The minimum atomic E-state index is -0.634. The molecule has 0 radical (unpaired) electrons. The van der Waals surface area contributed by atoms with Gasteiger partial charge in [0.2, 0.25) is 5.91 Å². The van der Waals surface area contributed by atoms with Crippen molar-refractivity contribution in [2.45, 2.75) is 70.4 Å². The van der Waals surface area contributed by atoms with Gasteiger partial charge in [0.05, 0.1) is 0 Å². The van der Waals surface area contributed by atoms with Crippen molar-refractivity contribution in [3.63, 3.8) is 0 Å². The van der Waals surface area contributed by atoms with Crippen molar-refractivity contribution >= 4 is 35.1 Å². The minimum Gasteiger partial charge on any atom is -0.489 e. The Morgan fingerprint density at radius 2 is 1.66 bits per heavy atom. The maximum Gasteiger partial charge on any atom is 0.318 e. The highest BCUT2D eigenvalue weighted by molar-refractivity contribution is 6.31. The van der Waals surface area contributed by atoms with Gasteiger partial charge in [-0.3, -0.25) is 4.79 Å². The number of carbonyl (C=O) groups is 2. The van der Waals surface area contributed by atoms with Crippen LogP contribution in [0.15, 0.2) is 36.4 Å². The molecule has 2 saturated heterocycles. The number of aryl methyl sites for hydroxylation is 1. The van der Waals surface area contributed by atoms with E-state index in [-0.39, 0.29) is 24.0 Å². The normalized spacial score (nSPS) is 17.5. The molecule has 4 rings (SSSR count). The van der Waals surface area contributed by atoms with Gasteiger partial charge in [0.15, 0.2) is 0 Å². The van der Waals surface area contributed by atoms with Crippen molar-refractivity contribution < 1.29 is 14.3 Å². The number of halogens is 2. The third-order valence-electron chi connectivity index (χ3n) is 8.26. The number of ether oxygens (including phenoxy) is 1. The van der Waals surface area contributed by atoms with Gasteiger partial charge in [0.25, 0.3) is 0 Å². The average molecular weight is 604 g/mol. The van der Waals surface area contributed by atoms with E-state index in [9.17, 15) is 9.59 Å². The average Bonchev–Trinajstić information content (AvgIpc) is 3.49. The van der Waals surface area contributed by atoms with Crippen LogP contribution in [0.1, 0.15) is 61.6 Å². The fourth-order valence-electron chi connectivity index (χ4n) is 5.88. The number of benzene rings is 2. The number of carbonyl (C=O) groups excluding carboxylic acids is 2. The lowest BCUT2D eigenvalue weighted by Gasteiger charge is -2.36. The van der Waals surface area contributed by atoms with Gasteiger partial charge in [-0.15, -0.1) is 0 Å². The molecule has 2 heterocycles. The Morgan fingerprint density at radius 1 is 1.00 bits per heavy atom. The number of hydrogen-bond donors (Lipinski definition) is 1. The molecule has 0 aliphatic carbocycles. The van der Waals surface area contributed by atoms with Crippen molar-refractivity contribution in [3.8, 4) is 5.75 Å². The second kappa shape index (κ2) is 14.6. The number of rotatable bonds is 10. The third kappa shape index (κ3) is 8.52. The van der Waals surface area contributed by atoms with E-state index in [4.69, 9.17) is 27.9 Å². The Bertz CT molecular complexity index is 1190. The number of likely N-dealkylation sites (N-methyl/N-ethyl adjacent to an activating group) is 1. The lowest BCUT2D eigenvalue weighted by Crippen LogP contribution is -2.54. The van der Waals surface area contributed by atoms with Crippen LogP contribution in [0.25, 0.3) is 0 Å². The molecule has 0 spiro atoms. The van der Waals surface area contributed by atoms with Crippen LogP contribution in [-0.2, 0) is 11.2 Å². The van der Waals surface area contributed by atoms with Crippen molar-refractivity contribution in [1.29, 1.82) is 0 Å². The molecule has 2 aromatic carbocycles. The van der Waals surface area contributed by atoms with Crippen LogP contribution >= 0.6 is 23.2 Å². The number of likely N-dealkylation sites (tertiary alicyclic amines) is 2. The molecule has 2 aliphatic heterocycles. The largest absolute Gasteiger partial charge is 0.489 e. The Hall–Kier alpha value is -2.48. The van der Waals surface area contributed by atoms with Crippen molar-refractivity contribution in [2.24, 2.45) is 0 Å². The molecular weight excluding hydrogens is 559 g/mol. The zero-order chi connectivity index (χ0) is 29.5. The van der Waals surface area contributed by atoms with Crippen LogP contribution in [0.3, 0.4) is 0 Å². The quantitative estimate of drug-likeness (QED) is 0.354. The molecule has 2 fully saturated rings. The van der Waals surface area contributed by atoms with Crippen LogP contribution in [0.4, 0.5) is 4.79 Å². The molecular formula is C32H44Cl2N4O3. The van der Waals surface area contributed by atoms with Crippen LogP contribution in [-0.4, -0.2) is 85.6 Å². The number of amides is 3. The Kier molecular flexibility index (Phi) is 11.2. The van der Waals surface area contributed by atoms with Gasteiger partial charge in [-0.05, 0) is 100.0 Å². The predicted molar refractivity (Wildman–Crippen MR) is 166 cm³/mol. The second-order valence-electron chi connectivity index (χ2n) is 11.7.